The third kappa shape index (κ3) is 7.24. The van der Waals surface area contributed by atoms with Crippen LogP contribution in [-0.4, -0.2) is 63.6 Å². The summed E-state index contributed by atoms with van der Waals surface area (Å²) in [6.07, 6.45) is 6.83. The molecule has 0 aliphatic rings. The Morgan fingerprint density at radius 2 is 1.61 bits per heavy atom. The lowest BCUT2D eigenvalue weighted by Gasteiger charge is -2.18. The Morgan fingerprint density at radius 1 is 0.955 bits per heavy atom. The number of hydrogen-bond donors (Lipinski definition) is 6. The maximum atomic E-state index is 13.3. The predicted molar refractivity (Wildman–Crippen MR) is 174 cm³/mol. The fraction of sp³-hybridized carbons (Fsp3) is 0.242. The Labute approximate surface area is 258 Å². The number of carboxylic acids is 1. The second-order valence-electron chi connectivity index (χ2n) is 10.5. The summed E-state index contributed by atoms with van der Waals surface area (Å²) in [4.78, 5) is 44.7. The minimum absolute atomic E-state index is 0.0984. The smallest absolute Gasteiger partial charge is 0.326 e. The van der Waals surface area contributed by atoms with E-state index in [0.717, 1.165) is 38.7 Å². The number of H-pyrrole nitrogens is 2. The van der Waals surface area contributed by atoms with Gasteiger partial charge in [0.2, 0.25) is 5.91 Å². The molecule has 0 saturated carbocycles. The van der Waals surface area contributed by atoms with Crippen LogP contribution in [0.2, 0.25) is 0 Å². The van der Waals surface area contributed by atoms with E-state index in [1.54, 1.807) is 24.0 Å². The van der Waals surface area contributed by atoms with Gasteiger partial charge in [0.1, 0.15) is 11.8 Å². The SMILES string of the molecule is CSCC[C@H](N)C(=O)Nc1ccc(C(=O)N[C@@H](Cc2c[nH]c3ccccc23)C(=O)O)cc1OCCc1c[nH]c2ccccc12. The molecule has 2 heterocycles. The van der Waals surface area contributed by atoms with E-state index in [0.29, 0.717) is 18.5 Å². The number of ether oxygens (including phenoxy) is 1. The molecule has 5 aromatic rings. The maximum Gasteiger partial charge on any atom is 0.326 e. The summed E-state index contributed by atoms with van der Waals surface area (Å²) in [5.41, 5.74) is 10.4. The lowest BCUT2D eigenvalue weighted by atomic mass is 10.0. The van der Waals surface area contributed by atoms with Gasteiger partial charge in [0.15, 0.2) is 0 Å². The Morgan fingerprint density at radius 3 is 2.30 bits per heavy atom. The molecule has 2 amide bonds. The van der Waals surface area contributed by atoms with Gasteiger partial charge in [-0.2, -0.15) is 11.8 Å². The predicted octanol–water partition coefficient (Wildman–Crippen LogP) is 4.72. The number of para-hydroxylation sites is 2. The summed E-state index contributed by atoms with van der Waals surface area (Å²) in [6.45, 7) is 0.270. The van der Waals surface area contributed by atoms with Gasteiger partial charge >= 0.3 is 5.97 Å². The third-order valence-electron chi connectivity index (χ3n) is 7.48. The standard InChI is InChI=1S/C33H35N5O5S/c1-44-15-13-25(34)32(40)37-28-11-10-20(17-30(28)43-14-12-21-18-35-26-8-4-2-6-23(21)26)31(39)38-29(33(41)42)16-22-19-36-27-9-5-3-7-24(22)27/h2-11,17-19,25,29,35-36H,12-16,34H2,1H3,(H,37,40)(H,38,39)(H,41,42)/t25-,29-/m0/s1. The van der Waals surface area contributed by atoms with Crippen molar-refractivity contribution in [1.82, 2.24) is 15.3 Å². The first kappa shape index (κ1) is 30.7. The number of nitrogens with one attached hydrogen (secondary N) is 4. The van der Waals surface area contributed by atoms with Gasteiger partial charge in [-0.05, 0) is 59.9 Å². The molecule has 0 fully saturated rings. The van der Waals surface area contributed by atoms with Crippen LogP contribution in [0.15, 0.2) is 79.1 Å². The number of nitrogens with two attached hydrogens (primary N) is 1. The number of carbonyl (C=O) groups excluding carboxylic acids is 2. The van der Waals surface area contributed by atoms with E-state index in [1.165, 1.54) is 12.1 Å². The summed E-state index contributed by atoms with van der Waals surface area (Å²) in [7, 11) is 0. The molecule has 228 valence electrons. The van der Waals surface area contributed by atoms with E-state index in [1.807, 2.05) is 61.0 Å². The quantitative estimate of drug-likeness (QED) is 0.106. The molecule has 0 unspecified atom stereocenters. The molecule has 0 bridgehead atoms. The number of benzene rings is 3. The van der Waals surface area contributed by atoms with Crippen LogP contribution in [0.3, 0.4) is 0 Å². The summed E-state index contributed by atoms with van der Waals surface area (Å²) < 4.78 is 6.12. The Kier molecular flexibility index (Phi) is 9.88. The number of thioether (sulfide) groups is 1. The van der Waals surface area contributed by atoms with Gasteiger partial charge < -0.3 is 36.2 Å². The molecule has 2 atom stereocenters. The first-order chi connectivity index (χ1) is 21.3. The zero-order valence-electron chi connectivity index (χ0n) is 24.3. The molecule has 7 N–H and O–H groups in total. The number of aromatic amines is 2. The average Bonchev–Trinajstić information content (AvgIpc) is 3.64. The maximum absolute atomic E-state index is 13.3. The Balaban J connectivity index is 1.33. The number of amides is 2. The molecule has 0 aliphatic heterocycles. The van der Waals surface area contributed by atoms with Crippen molar-refractivity contribution in [3.05, 3.63) is 95.8 Å². The van der Waals surface area contributed by atoms with Gasteiger partial charge in [0.25, 0.3) is 5.91 Å². The fourth-order valence-corrected chi connectivity index (χ4v) is 5.55. The summed E-state index contributed by atoms with van der Waals surface area (Å²) >= 11 is 1.61. The van der Waals surface area contributed by atoms with E-state index < -0.39 is 24.0 Å². The van der Waals surface area contributed by atoms with Crippen LogP contribution < -0.4 is 21.1 Å². The summed E-state index contributed by atoms with van der Waals surface area (Å²) in [5.74, 6) is -1.06. The number of carboxylic acid groups (broad SMARTS) is 1. The van der Waals surface area contributed by atoms with Crippen LogP contribution in [0, 0.1) is 0 Å². The van der Waals surface area contributed by atoms with Gasteiger partial charge in [0, 0.05) is 52.6 Å². The molecule has 11 heteroatoms. The van der Waals surface area contributed by atoms with Crippen molar-refractivity contribution < 1.29 is 24.2 Å². The van der Waals surface area contributed by atoms with Gasteiger partial charge in [0.05, 0.1) is 18.3 Å². The van der Waals surface area contributed by atoms with Gasteiger partial charge in [-0.25, -0.2) is 4.79 Å². The average molecular weight is 614 g/mol. The first-order valence-corrected chi connectivity index (χ1v) is 15.7. The van der Waals surface area contributed by atoms with Crippen LogP contribution in [-0.2, 0) is 22.4 Å². The number of aliphatic carboxylic acids is 1. The second-order valence-corrected chi connectivity index (χ2v) is 11.5. The van der Waals surface area contributed by atoms with Gasteiger partial charge in [-0.15, -0.1) is 0 Å². The lowest BCUT2D eigenvalue weighted by Crippen LogP contribution is -2.42. The lowest BCUT2D eigenvalue weighted by molar-refractivity contribution is -0.139. The number of hydrogen-bond acceptors (Lipinski definition) is 6. The summed E-state index contributed by atoms with van der Waals surface area (Å²) in [6, 6.07) is 18.3. The Bertz CT molecular complexity index is 1780. The highest BCUT2D eigenvalue weighted by molar-refractivity contribution is 7.98. The summed E-state index contributed by atoms with van der Waals surface area (Å²) in [5, 5.41) is 17.4. The van der Waals surface area contributed by atoms with E-state index in [9.17, 15) is 19.5 Å². The molecule has 5 rings (SSSR count). The van der Waals surface area contributed by atoms with Crippen LogP contribution in [0.5, 0.6) is 5.75 Å². The second kappa shape index (κ2) is 14.2. The molecule has 10 nitrogen and oxygen atoms in total. The van der Waals surface area contributed by atoms with Crippen molar-refractivity contribution in [2.75, 3.05) is 23.9 Å². The highest BCUT2D eigenvalue weighted by Crippen LogP contribution is 2.28. The zero-order valence-corrected chi connectivity index (χ0v) is 25.1. The van der Waals surface area contributed by atoms with E-state index >= 15 is 0 Å². The number of aromatic nitrogens is 2. The molecule has 0 spiro atoms. The van der Waals surface area contributed by atoms with Crippen molar-refractivity contribution in [3.63, 3.8) is 0 Å². The molecule has 3 aromatic carbocycles. The molecule has 0 saturated heterocycles. The van der Waals surface area contributed by atoms with Crippen molar-refractivity contribution in [2.45, 2.75) is 31.3 Å². The molecule has 0 aliphatic carbocycles. The van der Waals surface area contributed by atoms with Crippen molar-refractivity contribution in [3.8, 4) is 5.75 Å². The number of rotatable bonds is 14. The van der Waals surface area contributed by atoms with Crippen LogP contribution >= 0.6 is 11.8 Å². The fourth-order valence-electron chi connectivity index (χ4n) is 5.06. The minimum atomic E-state index is -1.17. The van der Waals surface area contributed by atoms with Gasteiger partial charge in [-0.3, -0.25) is 9.59 Å². The van der Waals surface area contributed by atoms with Gasteiger partial charge in [-0.1, -0.05) is 36.4 Å². The van der Waals surface area contributed by atoms with E-state index in [4.69, 9.17) is 10.5 Å². The highest BCUT2D eigenvalue weighted by atomic mass is 32.2. The first-order valence-electron chi connectivity index (χ1n) is 14.3. The third-order valence-corrected chi connectivity index (χ3v) is 8.12. The van der Waals surface area contributed by atoms with Crippen LogP contribution in [0.1, 0.15) is 27.9 Å². The monoisotopic (exact) mass is 613 g/mol. The van der Waals surface area contributed by atoms with Crippen molar-refractivity contribution in [2.24, 2.45) is 5.73 Å². The number of anilines is 1. The number of fused-ring (bicyclic) bond motifs is 2. The minimum Gasteiger partial charge on any atom is -0.491 e. The molecular weight excluding hydrogens is 578 g/mol. The topological polar surface area (TPSA) is 162 Å². The highest BCUT2D eigenvalue weighted by Gasteiger charge is 2.24. The number of carbonyl (C=O) groups is 3. The largest absolute Gasteiger partial charge is 0.491 e. The van der Waals surface area contributed by atoms with Crippen molar-refractivity contribution >= 4 is 57.0 Å². The molecule has 2 aromatic heterocycles. The Hall–Kier alpha value is -4.74. The van der Waals surface area contributed by atoms with E-state index in [-0.39, 0.29) is 30.2 Å². The normalized spacial score (nSPS) is 12.6. The molecular formula is C33H35N5O5S. The van der Waals surface area contributed by atoms with Crippen LogP contribution in [0.4, 0.5) is 5.69 Å². The van der Waals surface area contributed by atoms with Crippen LogP contribution in [0.25, 0.3) is 21.8 Å². The van der Waals surface area contributed by atoms with Crippen molar-refractivity contribution in [1.29, 1.82) is 0 Å². The molecule has 0 radical (unpaired) electrons. The van der Waals surface area contributed by atoms with E-state index in [2.05, 4.69) is 20.6 Å². The molecule has 44 heavy (non-hydrogen) atoms. The zero-order chi connectivity index (χ0) is 31.1.